The van der Waals surface area contributed by atoms with Gasteiger partial charge in [-0.2, -0.15) is 0 Å². The molecule has 0 saturated heterocycles. The molecule has 0 spiro atoms. The number of aliphatic hydroxyl groups excluding tert-OH is 1. The van der Waals surface area contributed by atoms with Gasteiger partial charge < -0.3 is 10.0 Å². The lowest BCUT2D eigenvalue weighted by molar-refractivity contribution is 0.179. The molecule has 0 amide bonds. The van der Waals surface area contributed by atoms with E-state index in [4.69, 9.17) is 5.11 Å². The first-order chi connectivity index (χ1) is 7.26. The van der Waals surface area contributed by atoms with Crippen LogP contribution in [-0.4, -0.2) is 35.7 Å². The summed E-state index contributed by atoms with van der Waals surface area (Å²) < 4.78 is 0. The van der Waals surface area contributed by atoms with E-state index in [0.717, 1.165) is 12.8 Å². The lowest BCUT2D eigenvalue weighted by Gasteiger charge is -2.29. The third kappa shape index (κ3) is 7.80. The molecule has 92 valence electrons. The number of hydrogen-bond donors (Lipinski definition) is 1. The molecule has 0 aromatic rings. The topological polar surface area (TPSA) is 23.5 Å². The van der Waals surface area contributed by atoms with Gasteiger partial charge in [-0.1, -0.05) is 26.7 Å². The Labute approximate surface area is 95.7 Å². The van der Waals surface area contributed by atoms with Gasteiger partial charge >= 0.3 is 0 Å². The highest BCUT2D eigenvalue weighted by molar-refractivity contribution is 4.67. The molecule has 0 radical (unpaired) electrons. The fourth-order valence-electron chi connectivity index (χ4n) is 1.84. The van der Waals surface area contributed by atoms with E-state index < -0.39 is 0 Å². The second-order valence-corrected chi connectivity index (χ2v) is 4.46. The average Bonchev–Trinajstić information content (AvgIpc) is 2.26. The first-order valence-corrected chi connectivity index (χ1v) is 6.61. The van der Waals surface area contributed by atoms with Gasteiger partial charge in [-0.05, 0) is 45.7 Å². The van der Waals surface area contributed by atoms with Gasteiger partial charge in [0.05, 0.1) is 0 Å². The zero-order valence-electron chi connectivity index (χ0n) is 10.8. The van der Waals surface area contributed by atoms with E-state index in [-0.39, 0.29) is 0 Å². The summed E-state index contributed by atoms with van der Waals surface area (Å²) in [6.07, 6.45) is 7.21. The van der Waals surface area contributed by atoms with E-state index in [9.17, 15) is 0 Å². The van der Waals surface area contributed by atoms with E-state index in [1.54, 1.807) is 0 Å². The van der Waals surface area contributed by atoms with E-state index in [0.29, 0.717) is 12.6 Å². The standard InChI is InChI=1S/C13H29NO/c1-4-6-10-14(11-7-5-2)13(3)9-8-12-15/h13,15H,4-12H2,1-3H3. The molecule has 2 heteroatoms. The van der Waals surface area contributed by atoms with Gasteiger partial charge in [-0.15, -0.1) is 0 Å². The van der Waals surface area contributed by atoms with Crippen LogP contribution in [0.2, 0.25) is 0 Å². The maximum absolute atomic E-state index is 8.83. The van der Waals surface area contributed by atoms with Crippen molar-refractivity contribution in [1.82, 2.24) is 4.90 Å². The van der Waals surface area contributed by atoms with Crippen LogP contribution in [0.15, 0.2) is 0 Å². The highest BCUT2D eigenvalue weighted by Crippen LogP contribution is 2.09. The summed E-state index contributed by atoms with van der Waals surface area (Å²) in [4.78, 5) is 2.59. The SMILES string of the molecule is CCCCN(CCCC)C(C)CCCO. The van der Waals surface area contributed by atoms with Crippen LogP contribution in [0.3, 0.4) is 0 Å². The van der Waals surface area contributed by atoms with Gasteiger partial charge in [0.25, 0.3) is 0 Å². The lowest BCUT2D eigenvalue weighted by Crippen LogP contribution is -2.35. The molecule has 15 heavy (non-hydrogen) atoms. The zero-order chi connectivity index (χ0) is 11.5. The fraction of sp³-hybridized carbons (Fsp3) is 1.00. The summed E-state index contributed by atoms with van der Waals surface area (Å²) in [6.45, 7) is 9.57. The molecule has 0 aliphatic rings. The summed E-state index contributed by atoms with van der Waals surface area (Å²) >= 11 is 0. The number of unbranched alkanes of at least 4 members (excludes halogenated alkanes) is 2. The molecule has 0 fully saturated rings. The van der Waals surface area contributed by atoms with Crippen molar-refractivity contribution >= 4 is 0 Å². The van der Waals surface area contributed by atoms with E-state index in [1.807, 2.05) is 0 Å². The first kappa shape index (κ1) is 14.9. The van der Waals surface area contributed by atoms with Crippen LogP contribution < -0.4 is 0 Å². The molecule has 1 N–H and O–H groups in total. The van der Waals surface area contributed by atoms with Crippen LogP contribution in [0.4, 0.5) is 0 Å². The Balaban J connectivity index is 3.84. The first-order valence-electron chi connectivity index (χ1n) is 6.61. The third-order valence-corrected chi connectivity index (χ3v) is 3.00. The predicted octanol–water partition coefficient (Wildman–Crippen LogP) is 3.05. The van der Waals surface area contributed by atoms with Crippen LogP contribution in [0, 0.1) is 0 Å². The van der Waals surface area contributed by atoms with Crippen LogP contribution in [0.1, 0.15) is 59.3 Å². The molecule has 0 heterocycles. The van der Waals surface area contributed by atoms with Crippen molar-refractivity contribution in [2.75, 3.05) is 19.7 Å². The molecular formula is C13H29NO. The summed E-state index contributed by atoms with van der Waals surface area (Å²) in [5.74, 6) is 0. The van der Waals surface area contributed by atoms with Gasteiger partial charge in [0.15, 0.2) is 0 Å². The van der Waals surface area contributed by atoms with Crippen LogP contribution >= 0.6 is 0 Å². The summed E-state index contributed by atoms with van der Waals surface area (Å²) in [5, 5.41) is 8.83. The number of aliphatic hydroxyl groups is 1. The second-order valence-electron chi connectivity index (χ2n) is 4.46. The van der Waals surface area contributed by atoms with Gasteiger partial charge in [-0.25, -0.2) is 0 Å². The zero-order valence-corrected chi connectivity index (χ0v) is 10.8. The molecule has 0 bridgehead atoms. The smallest absolute Gasteiger partial charge is 0.0431 e. The number of hydrogen-bond acceptors (Lipinski definition) is 2. The third-order valence-electron chi connectivity index (χ3n) is 3.00. The fourth-order valence-corrected chi connectivity index (χ4v) is 1.84. The molecule has 1 atom stereocenters. The molecule has 0 aromatic heterocycles. The lowest BCUT2D eigenvalue weighted by atomic mass is 10.1. The summed E-state index contributed by atoms with van der Waals surface area (Å²) in [6, 6.07) is 0.634. The van der Waals surface area contributed by atoms with Crippen LogP contribution in [0.25, 0.3) is 0 Å². The maximum atomic E-state index is 8.83. The predicted molar refractivity (Wildman–Crippen MR) is 67.2 cm³/mol. The quantitative estimate of drug-likeness (QED) is 0.605. The second kappa shape index (κ2) is 10.4. The summed E-state index contributed by atoms with van der Waals surface area (Å²) in [5.41, 5.74) is 0. The molecular weight excluding hydrogens is 186 g/mol. The maximum Gasteiger partial charge on any atom is 0.0431 e. The van der Waals surface area contributed by atoms with Crippen molar-refractivity contribution < 1.29 is 5.11 Å². The van der Waals surface area contributed by atoms with Crippen molar-refractivity contribution in [3.63, 3.8) is 0 Å². The minimum absolute atomic E-state index is 0.333. The van der Waals surface area contributed by atoms with E-state index >= 15 is 0 Å². The van der Waals surface area contributed by atoms with Gasteiger partial charge in [0, 0.05) is 12.6 Å². The largest absolute Gasteiger partial charge is 0.396 e. The molecule has 1 unspecified atom stereocenters. The molecule has 0 aliphatic heterocycles. The number of rotatable bonds is 10. The highest BCUT2D eigenvalue weighted by Gasteiger charge is 2.11. The molecule has 0 aromatic carbocycles. The monoisotopic (exact) mass is 215 g/mol. The normalized spacial score (nSPS) is 13.4. The Hall–Kier alpha value is -0.0800. The van der Waals surface area contributed by atoms with E-state index in [1.165, 1.54) is 38.8 Å². The molecule has 0 saturated carbocycles. The van der Waals surface area contributed by atoms with Gasteiger partial charge in [-0.3, -0.25) is 0 Å². The van der Waals surface area contributed by atoms with Crippen LogP contribution in [0.5, 0.6) is 0 Å². The summed E-state index contributed by atoms with van der Waals surface area (Å²) in [7, 11) is 0. The Morgan fingerprint density at radius 3 is 1.93 bits per heavy atom. The Kier molecular flexibility index (Phi) is 10.4. The van der Waals surface area contributed by atoms with Crippen molar-refractivity contribution in [1.29, 1.82) is 0 Å². The molecule has 2 nitrogen and oxygen atoms in total. The van der Waals surface area contributed by atoms with Gasteiger partial charge in [0.2, 0.25) is 0 Å². The van der Waals surface area contributed by atoms with Crippen LogP contribution in [-0.2, 0) is 0 Å². The average molecular weight is 215 g/mol. The number of nitrogens with zero attached hydrogens (tertiary/aromatic N) is 1. The van der Waals surface area contributed by atoms with Crippen molar-refractivity contribution in [3.8, 4) is 0 Å². The van der Waals surface area contributed by atoms with E-state index in [2.05, 4.69) is 25.7 Å². The highest BCUT2D eigenvalue weighted by atomic mass is 16.2. The minimum atomic E-state index is 0.333. The minimum Gasteiger partial charge on any atom is -0.396 e. The Morgan fingerprint density at radius 2 is 1.53 bits per heavy atom. The Morgan fingerprint density at radius 1 is 1.00 bits per heavy atom. The van der Waals surface area contributed by atoms with Crippen molar-refractivity contribution in [2.45, 2.75) is 65.3 Å². The van der Waals surface area contributed by atoms with Crippen molar-refractivity contribution in [2.24, 2.45) is 0 Å². The Bertz CT molecular complexity index is 120. The molecule has 0 rings (SSSR count). The van der Waals surface area contributed by atoms with Gasteiger partial charge in [0.1, 0.15) is 0 Å². The van der Waals surface area contributed by atoms with Crippen molar-refractivity contribution in [3.05, 3.63) is 0 Å². The molecule has 0 aliphatic carbocycles.